The lowest BCUT2D eigenvalue weighted by Crippen LogP contribution is -2.30. The van der Waals surface area contributed by atoms with Gasteiger partial charge in [-0.25, -0.2) is 0 Å². The van der Waals surface area contributed by atoms with Crippen molar-refractivity contribution in [2.24, 2.45) is 0 Å². The summed E-state index contributed by atoms with van der Waals surface area (Å²) in [6.07, 6.45) is 85.3. The van der Waals surface area contributed by atoms with Gasteiger partial charge in [0, 0.05) is 19.3 Å². The van der Waals surface area contributed by atoms with Crippen LogP contribution in [-0.2, 0) is 28.6 Å². The van der Waals surface area contributed by atoms with Gasteiger partial charge in [-0.3, -0.25) is 14.4 Å². The molecule has 0 rings (SSSR count). The average Bonchev–Trinajstić information content (AvgIpc) is 3.44. The maximum Gasteiger partial charge on any atom is 0.306 e. The van der Waals surface area contributed by atoms with Crippen LogP contribution in [0.25, 0.3) is 0 Å². The van der Waals surface area contributed by atoms with Gasteiger partial charge in [0.05, 0.1) is 0 Å². The second kappa shape index (κ2) is 66.6. The Balaban J connectivity index is 4.23. The highest BCUT2D eigenvalue weighted by atomic mass is 16.6. The molecule has 1 atom stereocenters. The zero-order valence-electron chi connectivity index (χ0n) is 52.2. The number of unbranched alkanes of at least 4 members (excludes halogenated alkanes) is 42. The van der Waals surface area contributed by atoms with Crippen LogP contribution in [0.4, 0.5) is 0 Å². The summed E-state index contributed by atoms with van der Waals surface area (Å²) in [4.78, 5) is 38.4. The quantitative estimate of drug-likeness (QED) is 0.0261. The molecule has 0 spiro atoms. The molecule has 0 N–H and O–H groups in total. The van der Waals surface area contributed by atoms with Gasteiger partial charge in [-0.15, -0.1) is 0 Å². The molecular weight excluding hydrogens is 961 g/mol. The predicted octanol–water partition coefficient (Wildman–Crippen LogP) is 23.5. The molecule has 0 saturated carbocycles. The zero-order valence-corrected chi connectivity index (χ0v) is 52.2. The number of allylic oxidation sites excluding steroid dienone is 10. The van der Waals surface area contributed by atoms with Gasteiger partial charge in [-0.1, -0.05) is 319 Å². The molecule has 0 saturated heterocycles. The van der Waals surface area contributed by atoms with E-state index in [2.05, 4.69) is 81.5 Å². The summed E-state index contributed by atoms with van der Waals surface area (Å²) in [5.41, 5.74) is 0. The molecule has 6 heteroatoms. The Morgan fingerprint density at radius 3 is 0.821 bits per heavy atom. The molecule has 0 aliphatic carbocycles. The smallest absolute Gasteiger partial charge is 0.306 e. The van der Waals surface area contributed by atoms with Crippen molar-refractivity contribution in [1.82, 2.24) is 0 Å². The van der Waals surface area contributed by atoms with Gasteiger partial charge in [0.25, 0.3) is 0 Å². The fraction of sp³-hybridized carbons (Fsp3) is 0.819. The van der Waals surface area contributed by atoms with E-state index in [1.807, 2.05) is 0 Å². The van der Waals surface area contributed by atoms with Crippen LogP contribution in [0.15, 0.2) is 60.8 Å². The summed E-state index contributed by atoms with van der Waals surface area (Å²) in [6.45, 7) is 6.55. The Kier molecular flexibility index (Phi) is 64.2. The van der Waals surface area contributed by atoms with E-state index >= 15 is 0 Å². The third kappa shape index (κ3) is 63.9. The Labute approximate surface area is 485 Å². The number of carbonyl (C=O) groups excluding carboxylic acids is 3. The van der Waals surface area contributed by atoms with Gasteiger partial charge < -0.3 is 14.2 Å². The van der Waals surface area contributed by atoms with Crippen LogP contribution in [0, 0.1) is 0 Å². The molecular formula is C72H130O6. The largest absolute Gasteiger partial charge is 0.462 e. The molecule has 0 fully saturated rings. The molecule has 6 nitrogen and oxygen atoms in total. The van der Waals surface area contributed by atoms with Crippen LogP contribution in [0.5, 0.6) is 0 Å². The normalized spacial score (nSPS) is 12.4. The number of esters is 3. The molecule has 0 aromatic heterocycles. The molecule has 0 radical (unpaired) electrons. The molecule has 0 aliphatic heterocycles. The first-order valence-electron chi connectivity index (χ1n) is 34.3. The summed E-state index contributed by atoms with van der Waals surface area (Å²) >= 11 is 0. The summed E-state index contributed by atoms with van der Waals surface area (Å²) in [5.74, 6) is -0.867. The third-order valence-electron chi connectivity index (χ3n) is 15.3. The Hall–Kier alpha value is -2.89. The monoisotopic (exact) mass is 1090 g/mol. The van der Waals surface area contributed by atoms with E-state index in [1.54, 1.807) is 0 Å². The van der Waals surface area contributed by atoms with Crippen molar-refractivity contribution in [2.75, 3.05) is 13.2 Å². The predicted molar refractivity (Wildman–Crippen MR) is 339 cm³/mol. The minimum Gasteiger partial charge on any atom is -0.462 e. The van der Waals surface area contributed by atoms with Crippen molar-refractivity contribution in [2.45, 2.75) is 367 Å². The van der Waals surface area contributed by atoms with Gasteiger partial charge in [0.1, 0.15) is 13.2 Å². The molecule has 0 bridgehead atoms. The van der Waals surface area contributed by atoms with Crippen molar-refractivity contribution >= 4 is 17.9 Å². The number of hydrogen-bond acceptors (Lipinski definition) is 6. The molecule has 0 aliphatic rings. The highest BCUT2D eigenvalue weighted by Gasteiger charge is 2.19. The van der Waals surface area contributed by atoms with Crippen LogP contribution in [0.3, 0.4) is 0 Å². The van der Waals surface area contributed by atoms with E-state index in [-0.39, 0.29) is 31.1 Å². The van der Waals surface area contributed by atoms with E-state index in [1.165, 1.54) is 231 Å². The molecule has 0 aromatic carbocycles. The first kappa shape index (κ1) is 75.1. The van der Waals surface area contributed by atoms with Gasteiger partial charge in [0.15, 0.2) is 6.10 Å². The number of hydrogen-bond donors (Lipinski definition) is 0. The van der Waals surface area contributed by atoms with Gasteiger partial charge in [-0.05, 0) is 83.5 Å². The molecule has 0 heterocycles. The van der Waals surface area contributed by atoms with Crippen LogP contribution >= 0.6 is 0 Å². The van der Waals surface area contributed by atoms with E-state index in [0.29, 0.717) is 19.3 Å². The lowest BCUT2D eigenvalue weighted by atomic mass is 10.0. The Morgan fingerprint density at radius 2 is 0.500 bits per heavy atom. The third-order valence-corrected chi connectivity index (χ3v) is 15.3. The highest BCUT2D eigenvalue weighted by Crippen LogP contribution is 2.18. The SMILES string of the molecule is CC/C=C\C/C=C\C/C=C\C/C=C\CCCCCCCCCCCCC(=O)OC(COC(=O)CCCCCCC/C=C\CCCCC)COC(=O)CCCCCCCCCCCCCCCCCCCCCCCCCCC. The zero-order chi connectivity index (χ0) is 56.4. The number of carbonyl (C=O) groups is 3. The molecule has 0 amide bonds. The molecule has 454 valence electrons. The standard InChI is InChI=1S/C72H130O6/c1-4-7-10-13-16-19-22-25-27-29-31-33-35-36-38-39-41-43-45-47-50-53-56-59-62-65-71(74)77-68-69(67-76-70(73)64-61-58-55-52-49-24-21-18-15-12-9-6-3)78-72(75)66-63-60-57-54-51-48-46-44-42-40-37-34-32-30-28-26-23-20-17-14-11-8-5-2/h8,11,17-18,20-21,26,28,32,34,69H,4-7,9-10,12-16,19,22-25,27,29-31,33,35-68H2,1-3H3/b11-8-,20-17-,21-18-,28-26-,34-32-. The second-order valence-corrected chi connectivity index (χ2v) is 23.1. The fourth-order valence-corrected chi connectivity index (χ4v) is 10.1. The molecule has 78 heavy (non-hydrogen) atoms. The Bertz CT molecular complexity index is 1390. The van der Waals surface area contributed by atoms with Crippen molar-refractivity contribution in [3.8, 4) is 0 Å². The summed E-state index contributed by atoms with van der Waals surface area (Å²) in [5, 5.41) is 0. The van der Waals surface area contributed by atoms with E-state index < -0.39 is 6.10 Å². The lowest BCUT2D eigenvalue weighted by molar-refractivity contribution is -0.167. The van der Waals surface area contributed by atoms with E-state index in [9.17, 15) is 14.4 Å². The molecule has 0 aromatic rings. The van der Waals surface area contributed by atoms with Crippen molar-refractivity contribution in [3.05, 3.63) is 60.8 Å². The van der Waals surface area contributed by atoms with Crippen LogP contribution in [0.1, 0.15) is 361 Å². The minimum absolute atomic E-state index is 0.0746. The maximum atomic E-state index is 12.9. The first-order chi connectivity index (χ1) is 38.5. The first-order valence-corrected chi connectivity index (χ1v) is 34.3. The fourth-order valence-electron chi connectivity index (χ4n) is 10.1. The minimum atomic E-state index is -0.779. The van der Waals surface area contributed by atoms with Crippen LogP contribution < -0.4 is 0 Å². The topological polar surface area (TPSA) is 78.9 Å². The van der Waals surface area contributed by atoms with Gasteiger partial charge >= 0.3 is 17.9 Å². The highest BCUT2D eigenvalue weighted by molar-refractivity contribution is 5.71. The summed E-state index contributed by atoms with van der Waals surface area (Å²) in [6, 6.07) is 0. The second-order valence-electron chi connectivity index (χ2n) is 23.1. The van der Waals surface area contributed by atoms with Gasteiger partial charge in [-0.2, -0.15) is 0 Å². The van der Waals surface area contributed by atoms with Crippen molar-refractivity contribution in [3.63, 3.8) is 0 Å². The molecule has 1 unspecified atom stereocenters. The average molecular weight is 1090 g/mol. The van der Waals surface area contributed by atoms with Crippen LogP contribution in [-0.4, -0.2) is 37.2 Å². The van der Waals surface area contributed by atoms with E-state index in [0.717, 1.165) is 89.9 Å². The summed E-state index contributed by atoms with van der Waals surface area (Å²) in [7, 11) is 0. The van der Waals surface area contributed by atoms with Crippen molar-refractivity contribution < 1.29 is 28.6 Å². The van der Waals surface area contributed by atoms with Gasteiger partial charge in [0.2, 0.25) is 0 Å². The van der Waals surface area contributed by atoms with Crippen LogP contribution in [0.2, 0.25) is 0 Å². The number of ether oxygens (including phenoxy) is 3. The summed E-state index contributed by atoms with van der Waals surface area (Å²) < 4.78 is 17.0. The van der Waals surface area contributed by atoms with Crippen molar-refractivity contribution in [1.29, 1.82) is 0 Å². The van der Waals surface area contributed by atoms with E-state index in [4.69, 9.17) is 14.2 Å². The Morgan fingerprint density at radius 1 is 0.269 bits per heavy atom. The number of rotatable bonds is 63. The lowest BCUT2D eigenvalue weighted by Gasteiger charge is -2.18. The maximum absolute atomic E-state index is 12.9.